The Balaban J connectivity index is 1.89. The number of benzene rings is 1. The number of nitrogens with zero attached hydrogens (tertiary/aromatic N) is 1. The molecule has 0 unspecified atom stereocenters. The fourth-order valence-electron chi connectivity index (χ4n) is 2.30. The Morgan fingerprint density at radius 1 is 1.15 bits per heavy atom. The van der Waals surface area contributed by atoms with Gasteiger partial charge in [-0.05, 0) is 37.0 Å². The van der Waals surface area contributed by atoms with E-state index in [1.54, 1.807) is 12.1 Å². The second-order valence-electron chi connectivity index (χ2n) is 4.93. The van der Waals surface area contributed by atoms with Crippen molar-refractivity contribution in [2.75, 3.05) is 25.5 Å². The maximum atomic E-state index is 12.1. The fourth-order valence-corrected chi connectivity index (χ4v) is 2.30. The predicted octanol–water partition coefficient (Wildman–Crippen LogP) is 2.42. The first-order valence-corrected chi connectivity index (χ1v) is 6.91. The number of rotatable bonds is 3. The van der Waals surface area contributed by atoms with Crippen molar-refractivity contribution in [3.05, 3.63) is 29.8 Å². The zero-order chi connectivity index (χ0) is 14.4. The smallest absolute Gasteiger partial charge is 0.411 e. The first kappa shape index (κ1) is 14.4. The highest BCUT2D eigenvalue weighted by molar-refractivity contribution is 5.84. The van der Waals surface area contributed by atoms with Gasteiger partial charge in [0.1, 0.15) is 0 Å². The van der Waals surface area contributed by atoms with E-state index in [9.17, 15) is 9.59 Å². The number of methoxy groups -OCH3 is 1. The Hall–Kier alpha value is -2.04. The van der Waals surface area contributed by atoms with E-state index in [1.807, 2.05) is 17.0 Å². The van der Waals surface area contributed by atoms with Crippen molar-refractivity contribution < 1.29 is 14.3 Å². The number of amides is 2. The molecule has 5 nitrogen and oxygen atoms in total. The molecule has 1 aromatic rings. The monoisotopic (exact) mass is 276 g/mol. The predicted molar refractivity (Wildman–Crippen MR) is 76.6 cm³/mol. The van der Waals surface area contributed by atoms with Crippen molar-refractivity contribution in [1.29, 1.82) is 0 Å². The summed E-state index contributed by atoms with van der Waals surface area (Å²) in [7, 11) is 1.32. The van der Waals surface area contributed by atoms with Gasteiger partial charge in [0.05, 0.1) is 13.5 Å². The van der Waals surface area contributed by atoms with Crippen LogP contribution in [0.15, 0.2) is 24.3 Å². The average Bonchev–Trinajstić information content (AvgIpc) is 2.50. The van der Waals surface area contributed by atoms with E-state index in [4.69, 9.17) is 0 Å². The Bertz CT molecular complexity index is 465. The van der Waals surface area contributed by atoms with Crippen LogP contribution in [0, 0.1) is 0 Å². The second-order valence-corrected chi connectivity index (χ2v) is 4.93. The first-order chi connectivity index (χ1) is 9.69. The molecule has 0 aliphatic carbocycles. The summed E-state index contributed by atoms with van der Waals surface area (Å²) in [6, 6.07) is 7.26. The van der Waals surface area contributed by atoms with Gasteiger partial charge in [0.15, 0.2) is 0 Å². The molecule has 0 bridgehead atoms. The highest BCUT2D eigenvalue weighted by Crippen LogP contribution is 2.14. The minimum atomic E-state index is -0.498. The number of anilines is 1. The zero-order valence-electron chi connectivity index (χ0n) is 11.7. The van der Waals surface area contributed by atoms with Crippen LogP contribution in [0.3, 0.4) is 0 Å². The average molecular weight is 276 g/mol. The molecule has 0 atom stereocenters. The quantitative estimate of drug-likeness (QED) is 0.922. The van der Waals surface area contributed by atoms with Crippen molar-refractivity contribution in [2.45, 2.75) is 25.7 Å². The summed E-state index contributed by atoms with van der Waals surface area (Å²) in [4.78, 5) is 25.1. The van der Waals surface area contributed by atoms with E-state index in [0.29, 0.717) is 12.1 Å². The van der Waals surface area contributed by atoms with Crippen LogP contribution >= 0.6 is 0 Å². The van der Waals surface area contributed by atoms with Crippen LogP contribution in [0.5, 0.6) is 0 Å². The summed E-state index contributed by atoms with van der Waals surface area (Å²) in [5, 5.41) is 2.58. The van der Waals surface area contributed by atoms with E-state index < -0.39 is 6.09 Å². The summed E-state index contributed by atoms with van der Waals surface area (Å²) in [5.74, 6) is 0.179. The number of hydrogen-bond acceptors (Lipinski definition) is 3. The van der Waals surface area contributed by atoms with Gasteiger partial charge in [0.2, 0.25) is 5.91 Å². The van der Waals surface area contributed by atoms with E-state index in [1.165, 1.54) is 13.5 Å². The number of carbonyl (C=O) groups is 2. The number of hydrogen-bond donors (Lipinski definition) is 1. The van der Waals surface area contributed by atoms with E-state index in [0.717, 1.165) is 31.5 Å². The summed E-state index contributed by atoms with van der Waals surface area (Å²) in [6.07, 6.45) is 3.35. The third-order valence-corrected chi connectivity index (χ3v) is 3.45. The van der Waals surface area contributed by atoms with Gasteiger partial charge in [0.25, 0.3) is 0 Å². The molecule has 0 aromatic heterocycles. The van der Waals surface area contributed by atoms with Crippen LogP contribution in [0.1, 0.15) is 24.8 Å². The molecule has 5 heteroatoms. The fraction of sp³-hybridized carbons (Fsp3) is 0.467. The van der Waals surface area contributed by atoms with Crippen LogP contribution in [0.2, 0.25) is 0 Å². The summed E-state index contributed by atoms with van der Waals surface area (Å²) >= 11 is 0. The Labute approximate surface area is 118 Å². The molecule has 1 heterocycles. The molecule has 20 heavy (non-hydrogen) atoms. The van der Waals surface area contributed by atoms with Crippen LogP contribution < -0.4 is 5.32 Å². The van der Waals surface area contributed by atoms with Gasteiger partial charge in [-0.15, -0.1) is 0 Å². The van der Waals surface area contributed by atoms with Crippen LogP contribution in [0.25, 0.3) is 0 Å². The number of carbonyl (C=O) groups excluding carboxylic acids is 2. The Morgan fingerprint density at radius 3 is 2.40 bits per heavy atom. The largest absolute Gasteiger partial charge is 0.453 e. The Kier molecular flexibility index (Phi) is 4.98. The van der Waals surface area contributed by atoms with Gasteiger partial charge in [-0.25, -0.2) is 4.79 Å². The minimum Gasteiger partial charge on any atom is -0.453 e. The van der Waals surface area contributed by atoms with Crippen molar-refractivity contribution in [1.82, 2.24) is 4.90 Å². The van der Waals surface area contributed by atoms with Crippen LogP contribution in [-0.2, 0) is 16.0 Å². The standard InChI is InChI=1S/C15H20N2O3/c1-20-15(19)16-13-7-5-12(6-8-13)11-14(18)17-9-3-2-4-10-17/h5-8H,2-4,9-11H2,1H3,(H,16,19). The molecule has 2 amide bonds. The van der Waals surface area contributed by atoms with Crippen molar-refractivity contribution in [3.8, 4) is 0 Å². The first-order valence-electron chi connectivity index (χ1n) is 6.91. The second kappa shape index (κ2) is 6.93. The molecule has 1 N–H and O–H groups in total. The molecule has 1 fully saturated rings. The third-order valence-electron chi connectivity index (χ3n) is 3.45. The number of nitrogens with one attached hydrogen (secondary N) is 1. The normalized spacial score (nSPS) is 14.8. The maximum absolute atomic E-state index is 12.1. The van der Waals surface area contributed by atoms with Gasteiger partial charge in [0, 0.05) is 18.8 Å². The molecular formula is C15H20N2O3. The molecule has 0 spiro atoms. The Morgan fingerprint density at radius 2 is 1.80 bits per heavy atom. The minimum absolute atomic E-state index is 0.179. The molecule has 1 aliphatic heterocycles. The van der Waals surface area contributed by atoms with E-state index in [-0.39, 0.29) is 5.91 Å². The summed E-state index contributed by atoms with van der Waals surface area (Å²) in [6.45, 7) is 1.75. The van der Waals surface area contributed by atoms with Gasteiger partial charge in [-0.3, -0.25) is 10.1 Å². The third kappa shape index (κ3) is 3.98. The molecule has 1 saturated heterocycles. The number of likely N-dealkylation sites (tertiary alicyclic amines) is 1. The molecule has 108 valence electrons. The molecule has 2 rings (SSSR count). The topological polar surface area (TPSA) is 58.6 Å². The molecule has 1 aliphatic rings. The van der Waals surface area contributed by atoms with Gasteiger partial charge in [-0.1, -0.05) is 12.1 Å². The lowest BCUT2D eigenvalue weighted by Crippen LogP contribution is -2.36. The highest BCUT2D eigenvalue weighted by atomic mass is 16.5. The number of ether oxygens (including phenoxy) is 1. The highest BCUT2D eigenvalue weighted by Gasteiger charge is 2.16. The summed E-state index contributed by atoms with van der Waals surface area (Å²) < 4.78 is 4.52. The number of piperidine rings is 1. The molecule has 0 radical (unpaired) electrons. The van der Waals surface area contributed by atoms with Gasteiger partial charge < -0.3 is 9.64 Å². The summed E-state index contributed by atoms with van der Waals surface area (Å²) in [5.41, 5.74) is 1.61. The lowest BCUT2D eigenvalue weighted by Gasteiger charge is -2.26. The molecular weight excluding hydrogens is 256 g/mol. The maximum Gasteiger partial charge on any atom is 0.411 e. The van der Waals surface area contributed by atoms with Crippen LogP contribution in [0.4, 0.5) is 10.5 Å². The van der Waals surface area contributed by atoms with Crippen molar-refractivity contribution in [3.63, 3.8) is 0 Å². The SMILES string of the molecule is COC(=O)Nc1ccc(CC(=O)N2CCCCC2)cc1. The van der Waals surface area contributed by atoms with Crippen molar-refractivity contribution in [2.24, 2.45) is 0 Å². The lowest BCUT2D eigenvalue weighted by molar-refractivity contribution is -0.131. The van der Waals surface area contributed by atoms with Gasteiger partial charge in [-0.2, -0.15) is 0 Å². The van der Waals surface area contributed by atoms with E-state index >= 15 is 0 Å². The molecule has 1 aromatic carbocycles. The van der Waals surface area contributed by atoms with E-state index in [2.05, 4.69) is 10.1 Å². The van der Waals surface area contributed by atoms with Gasteiger partial charge >= 0.3 is 6.09 Å². The lowest BCUT2D eigenvalue weighted by atomic mass is 10.1. The zero-order valence-corrected chi connectivity index (χ0v) is 11.7. The van der Waals surface area contributed by atoms with Crippen LogP contribution in [-0.4, -0.2) is 37.1 Å². The molecule has 0 saturated carbocycles. The van der Waals surface area contributed by atoms with Crippen molar-refractivity contribution >= 4 is 17.7 Å².